The second-order valence-corrected chi connectivity index (χ2v) is 5.46. The largest absolute Gasteiger partial charge is 0.399 e. The van der Waals surface area contributed by atoms with Gasteiger partial charge in [-0.3, -0.25) is 0 Å². The lowest BCUT2D eigenvalue weighted by molar-refractivity contribution is 0.881. The average Bonchev–Trinajstić information content (AvgIpc) is 2.31. The van der Waals surface area contributed by atoms with Crippen LogP contribution < -0.4 is 5.73 Å². The number of hydrogen-bond donors (Lipinski definition) is 1. The zero-order valence-corrected chi connectivity index (χ0v) is 11.9. The van der Waals surface area contributed by atoms with Crippen LogP contribution in [-0.4, -0.2) is 9.97 Å². The van der Waals surface area contributed by atoms with E-state index in [2.05, 4.69) is 16.0 Å². The lowest BCUT2D eigenvalue weighted by Crippen LogP contribution is -1.98. The lowest BCUT2D eigenvalue weighted by Gasteiger charge is -2.07. The van der Waals surface area contributed by atoms with Gasteiger partial charge in [0.1, 0.15) is 0 Å². The molecular weight excluding hydrogens is 242 g/mol. The van der Waals surface area contributed by atoms with Crippen molar-refractivity contribution in [2.75, 3.05) is 5.73 Å². The van der Waals surface area contributed by atoms with Crippen molar-refractivity contribution in [1.29, 1.82) is 0 Å². The molecule has 2 aromatic rings. The third-order valence-corrected chi connectivity index (χ3v) is 3.92. The van der Waals surface area contributed by atoms with E-state index in [1.807, 2.05) is 39.8 Å². The molecule has 4 heteroatoms. The fraction of sp³-hybridized carbons (Fsp3) is 0.286. The van der Waals surface area contributed by atoms with Crippen molar-refractivity contribution in [3.63, 3.8) is 0 Å². The molecule has 0 aliphatic heterocycles. The quantitative estimate of drug-likeness (QED) is 0.663. The van der Waals surface area contributed by atoms with Gasteiger partial charge in [0.15, 0.2) is 5.16 Å². The van der Waals surface area contributed by atoms with Crippen LogP contribution in [0, 0.1) is 27.7 Å². The van der Waals surface area contributed by atoms with Gasteiger partial charge in [-0.1, -0.05) is 0 Å². The minimum atomic E-state index is 0.791. The highest BCUT2D eigenvalue weighted by molar-refractivity contribution is 7.99. The number of nitrogens with zero attached hydrogens (tertiary/aromatic N) is 2. The molecular formula is C14H17N3S. The molecule has 0 radical (unpaired) electrons. The molecule has 3 nitrogen and oxygen atoms in total. The van der Waals surface area contributed by atoms with Gasteiger partial charge in [-0.2, -0.15) is 0 Å². The van der Waals surface area contributed by atoms with Gasteiger partial charge in [-0.25, -0.2) is 9.97 Å². The number of benzene rings is 1. The Hall–Kier alpha value is -1.55. The predicted molar refractivity (Wildman–Crippen MR) is 76.0 cm³/mol. The van der Waals surface area contributed by atoms with E-state index in [0.717, 1.165) is 38.3 Å². The Kier molecular flexibility index (Phi) is 3.57. The first kappa shape index (κ1) is 12.9. The average molecular weight is 259 g/mol. The third-order valence-electron chi connectivity index (χ3n) is 3.06. The van der Waals surface area contributed by atoms with Crippen LogP contribution in [0.1, 0.15) is 22.5 Å². The first-order valence-electron chi connectivity index (χ1n) is 5.83. The number of nitrogen functional groups attached to an aromatic ring is 1. The highest BCUT2D eigenvalue weighted by Gasteiger charge is 2.07. The van der Waals surface area contributed by atoms with Gasteiger partial charge < -0.3 is 5.73 Å². The zero-order valence-electron chi connectivity index (χ0n) is 11.1. The summed E-state index contributed by atoms with van der Waals surface area (Å²) >= 11 is 1.57. The molecule has 2 rings (SSSR count). The molecule has 0 aliphatic rings. The molecule has 0 amide bonds. The second kappa shape index (κ2) is 4.98. The Labute approximate surface area is 112 Å². The number of hydrogen-bond acceptors (Lipinski definition) is 4. The van der Waals surface area contributed by atoms with E-state index in [0.29, 0.717) is 0 Å². The molecule has 0 bridgehead atoms. The predicted octanol–water partition coefficient (Wildman–Crippen LogP) is 3.44. The number of aromatic nitrogens is 2. The maximum Gasteiger partial charge on any atom is 0.192 e. The summed E-state index contributed by atoms with van der Waals surface area (Å²) in [5, 5.41) is 0.791. The first-order chi connectivity index (χ1) is 8.47. The van der Waals surface area contributed by atoms with Crippen LogP contribution in [0.25, 0.3) is 0 Å². The van der Waals surface area contributed by atoms with Crippen molar-refractivity contribution in [3.8, 4) is 0 Å². The monoisotopic (exact) mass is 259 g/mol. The Bertz CT molecular complexity index is 571. The maximum absolute atomic E-state index is 5.81. The molecule has 18 heavy (non-hydrogen) atoms. The van der Waals surface area contributed by atoms with Gasteiger partial charge in [0.2, 0.25) is 0 Å². The summed E-state index contributed by atoms with van der Waals surface area (Å²) in [4.78, 5) is 10.1. The summed E-state index contributed by atoms with van der Waals surface area (Å²) in [6.45, 7) is 8.09. The van der Waals surface area contributed by atoms with Gasteiger partial charge in [0.25, 0.3) is 0 Å². The van der Waals surface area contributed by atoms with Crippen LogP contribution in [0.5, 0.6) is 0 Å². The summed E-state index contributed by atoms with van der Waals surface area (Å²) in [7, 11) is 0. The van der Waals surface area contributed by atoms with Gasteiger partial charge in [-0.15, -0.1) is 0 Å². The summed E-state index contributed by atoms with van der Waals surface area (Å²) < 4.78 is 0. The molecule has 2 N–H and O–H groups in total. The van der Waals surface area contributed by atoms with Crippen LogP contribution in [0.15, 0.2) is 28.3 Å². The smallest absolute Gasteiger partial charge is 0.192 e. The highest BCUT2D eigenvalue weighted by Crippen LogP contribution is 2.28. The molecule has 94 valence electrons. The van der Waals surface area contributed by atoms with Crippen molar-refractivity contribution >= 4 is 17.4 Å². The summed E-state index contributed by atoms with van der Waals surface area (Å²) in [5.41, 5.74) is 10.9. The van der Waals surface area contributed by atoms with E-state index in [1.54, 1.807) is 11.8 Å². The molecule has 1 aromatic carbocycles. The molecule has 0 fully saturated rings. The summed E-state index contributed by atoms with van der Waals surface area (Å²) in [6.07, 6.45) is 0. The Morgan fingerprint density at radius 3 is 2.17 bits per heavy atom. The fourth-order valence-electron chi connectivity index (χ4n) is 1.60. The highest BCUT2D eigenvalue weighted by atomic mass is 32.2. The number of nitrogens with two attached hydrogens (primary N) is 1. The van der Waals surface area contributed by atoms with Crippen LogP contribution >= 0.6 is 11.8 Å². The zero-order chi connectivity index (χ0) is 13.3. The van der Waals surface area contributed by atoms with E-state index < -0.39 is 0 Å². The van der Waals surface area contributed by atoms with Gasteiger partial charge in [0.05, 0.1) is 0 Å². The Morgan fingerprint density at radius 1 is 1.00 bits per heavy atom. The molecule has 0 unspecified atom stereocenters. The SMILES string of the molecule is Cc1cc(Sc2nc(C)c(C)c(C)n2)ccc1N. The molecule has 1 aromatic heterocycles. The minimum absolute atomic E-state index is 0.791. The number of aryl methyl sites for hydroxylation is 3. The van der Waals surface area contributed by atoms with E-state index in [1.165, 1.54) is 0 Å². The van der Waals surface area contributed by atoms with Crippen LogP contribution in [0.4, 0.5) is 5.69 Å². The second-order valence-electron chi connectivity index (χ2n) is 4.42. The van der Waals surface area contributed by atoms with E-state index in [-0.39, 0.29) is 0 Å². The van der Waals surface area contributed by atoms with Crippen molar-refractivity contribution in [2.24, 2.45) is 0 Å². The molecule has 0 atom stereocenters. The summed E-state index contributed by atoms with van der Waals surface area (Å²) in [5.74, 6) is 0. The summed E-state index contributed by atoms with van der Waals surface area (Å²) in [6, 6.07) is 5.99. The Balaban J connectivity index is 2.31. The third kappa shape index (κ3) is 2.64. The molecule has 1 heterocycles. The van der Waals surface area contributed by atoms with Crippen LogP contribution in [0.2, 0.25) is 0 Å². The number of rotatable bonds is 2. The van der Waals surface area contributed by atoms with Gasteiger partial charge >= 0.3 is 0 Å². The van der Waals surface area contributed by atoms with Crippen molar-refractivity contribution < 1.29 is 0 Å². The van der Waals surface area contributed by atoms with E-state index in [9.17, 15) is 0 Å². The normalized spacial score (nSPS) is 10.7. The van der Waals surface area contributed by atoms with Crippen molar-refractivity contribution in [2.45, 2.75) is 37.7 Å². The standard InChI is InChI=1S/C14H17N3S/c1-8-7-12(5-6-13(8)15)18-14-16-10(3)9(2)11(4)17-14/h5-7H,15H2,1-4H3. The molecule has 0 saturated carbocycles. The van der Waals surface area contributed by atoms with Crippen molar-refractivity contribution in [1.82, 2.24) is 9.97 Å². The first-order valence-corrected chi connectivity index (χ1v) is 6.65. The van der Waals surface area contributed by atoms with Gasteiger partial charge in [-0.05, 0) is 68.8 Å². The maximum atomic E-state index is 5.81. The molecule has 0 spiro atoms. The topological polar surface area (TPSA) is 51.8 Å². The fourth-order valence-corrected chi connectivity index (χ4v) is 2.55. The van der Waals surface area contributed by atoms with E-state index in [4.69, 9.17) is 5.73 Å². The van der Waals surface area contributed by atoms with E-state index >= 15 is 0 Å². The lowest BCUT2D eigenvalue weighted by atomic mass is 10.2. The van der Waals surface area contributed by atoms with Crippen LogP contribution in [-0.2, 0) is 0 Å². The molecule has 0 aliphatic carbocycles. The number of anilines is 1. The molecule has 0 saturated heterocycles. The van der Waals surface area contributed by atoms with Gasteiger partial charge in [0, 0.05) is 22.0 Å². The Morgan fingerprint density at radius 2 is 1.61 bits per heavy atom. The minimum Gasteiger partial charge on any atom is -0.399 e. The van der Waals surface area contributed by atoms with Crippen molar-refractivity contribution in [3.05, 3.63) is 40.7 Å². The van der Waals surface area contributed by atoms with Crippen LogP contribution in [0.3, 0.4) is 0 Å².